The van der Waals surface area contributed by atoms with Gasteiger partial charge in [-0.25, -0.2) is 19.0 Å². The Morgan fingerprint density at radius 3 is 2.61 bits per heavy atom. The molecule has 0 unspecified atom stereocenters. The van der Waals surface area contributed by atoms with Crippen LogP contribution in [0.5, 0.6) is 5.75 Å². The summed E-state index contributed by atoms with van der Waals surface area (Å²) in [6.07, 6.45) is 1.36. The number of methoxy groups -OCH3 is 1. The minimum absolute atomic E-state index is 0.153. The fraction of sp³-hybridized carbons (Fsp3) is 0.0909. The smallest absolute Gasteiger partial charge is 0.267 e. The second kappa shape index (κ2) is 6.88. The lowest BCUT2D eigenvalue weighted by Gasteiger charge is -2.14. The Labute approximate surface area is 180 Å². The summed E-state index contributed by atoms with van der Waals surface area (Å²) in [5.41, 5.74) is 2.14. The summed E-state index contributed by atoms with van der Waals surface area (Å²) in [7, 11) is 1.55. The maximum Gasteiger partial charge on any atom is 0.267 e. The van der Waals surface area contributed by atoms with Crippen molar-refractivity contribution in [3.8, 4) is 11.4 Å². The summed E-state index contributed by atoms with van der Waals surface area (Å²) in [6.45, 7) is 1.74. The van der Waals surface area contributed by atoms with E-state index in [9.17, 15) is 14.0 Å². The van der Waals surface area contributed by atoms with Crippen molar-refractivity contribution in [2.75, 3.05) is 12.0 Å². The lowest BCUT2D eigenvalue weighted by molar-refractivity contribution is 0.0926. The van der Waals surface area contributed by atoms with Crippen molar-refractivity contribution >= 4 is 40.1 Å². The van der Waals surface area contributed by atoms with E-state index in [-0.39, 0.29) is 21.8 Å². The lowest BCUT2D eigenvalue weighted by Crippen LogP contribution is -2.29. The Balaban J connectivity index is 1.72. The molecule has 1 aliphatic rings. The Morgan fingerprint density at radius 1 is 1.10 bits per heavy atom. The number of fused-ring (bicyclic) bond motifs is 3. The van der Waals surface area contributed by atoms with E-state index < -0.39 is 17.6 Å². The van der Waals surface area contributed by atoms with E-state index in [4.69, 9.17) is 16.3 Å². The van der Waals surface area contributed by atoms with Gasteiger partial charge in [-0.05, 0) is 37.3 Å². The number of aryl methyl sites for hydroxylation is 1. The van der Waals surface area contributed by atoms with Crippen molar-refractivity contribution in [1.82, 2.24) is 14.8 Å². The zero-order valence-corrected chi connectivity index (χ0v) is 17.1. The third kappa shape index (κ3) is 2.72. The summed E-state index contributed by atoms with van der Waals surface area (Å²) in [5.74, 6) is -1.15. The van der Waals surface area contributed by atoms with E-state index in [1.54, 1.807) is 24.8 Å². The monoisotopic (exact) mass is 436 g/mol. The van der Waals surface area contributed by atoms with E-state index in [0.717, 1.165) is 11.0 Å². The van der Waals surface area contributed by atoms with Gasteiger partial charge in [0.1, 0.15) is 17.3 Å². The zero-order chi connectivity index (χ0) is 21.9. The van der Waals surface area contributed by atoms with Crippen LogP contribution in [0.3, 0.4) is 0 Å². The molecule has 0 saturated carbocycles. The number of carbonyl (C=O) groups is 2. The molecule has 0 fully saturated rings. The van der Waals surface area contributed by atoms with Crippen molar-refractivity contribution < 1.29 is 18.7 Å². The van der Waals surface area contributed by atoms with Crippen LogP contribution in [0.25, 0.3) is 16.7 Å². The number of halogens is 2. The first-order valence-corrected chi connectivity index (χ1v) is 9.65. The molecule has 7 nitrogen and oxygen atoms in total. The summed E-state index contributed by atoms with van der Waals surface area (Å²) >= 11 is 5.86. The maximum atomic E-state index is 13.6. The molecule has 0 N–H and O–H groups in total. The Morgan fingerprint density at radius 2 is 1.87 bits per heavy atom. The molecule has 2 aromatic heterocycles. The molecule has 0 saturated heterocycles. The van der Waals surface area contributed by atoms with Gasteiger partial charge in [0, 0.05) is 6.20 Å². The van der Waals surface area contributed by atoms with Gasteiger partial charge < -0.3 is 4.74 Å². The van der Waals surface area contributed by atoms with Gasteiger partial charge in [-0.2, -0.15) is 5.10 Å². The van der Waals surface area contributed by atoms with Crippen LogP contribution < -0.4 is 9.64 Å². The molecule has 5 rings (SSSR count). The van der Waals surface area contributed by atoms with E-state index in [0.29, 0.717) is 28.2 Å². The predicted molar refractivity (Wildman–Crippen MR) is 113 cm³/mol. The van der Waals surface area contributed by atoms with Crippen molar-refractivity contribution in [3.63, 3.8) is 0 Å². The maximum absolute atomic E-state index is 13.6. The van der Waals surface area contributed by atoms with Crippen molar-refractivity contribution in [2.24, 2.45) is 0 Å². The Bertz CT molecular complexity index is 1420. The molecule has 2 aromatic carbocycles. The predicted octanol–water partition coefficient (Wildman–Crippen LogP) is 4.33. The molecule has 0 spiro atoms. The van der Waals surface area contributed by atoms with Crippen LogP contribution in [0, 0.1) is 12.7 Å². The highest BCUT2D eigenvalue weighted by molar-refractivity contribution is 6.38. The highest BCUT2D eigenvalue weighted by atomic mass is 35.5. The minimum Gasteiger partial charge on any atom is -0.494 e. The van der Waals surface area contributed by atoms with Crippen molar-refractivity contribution in [1.29, 1.82) is 0 Å². The number of imide groups is 1. The number of benzene rings is 2. The summed E-state index contributed by atoms with van der Waals surface area (Å²) < 4.78 is 20.6. The van der Waals surface area contributed by atoms with Crippen LogP contribution in [0.4, 0.5) is 10.1 Å². The first kappa shape index (κ1) is 19.2. The minimum atomic E-state index is -0.639. The third-order valence-electron chi connectivity index (χ3n) is 5.20. The van der Waals surface area contributed by atoms with Crippen LogP contribution in [0.15, 0.2) is 48.7 Å². The molecular weight excluding hydrogens is 423 g/mol. The molecule has 9 heteroatoms. The molecule has 3 heterocycles. The molecule has 0 bridgehead atoms. The standard InChI is InChI=1S/C22H14ClFN4O3/c1-11-18-19-13(21(29)27(22(19)30)12-7-8-15(24)14(23)9-12)10-25-20(18)28(26-11)16-5-3-4-6-17(16)31-2/h3-10H,1-2H3. The number of carbonyl (C=O) groups excluding carboxylic acids is 2. The fourth-order valence-electron chi connectivity index (χ4n) is 3.79. The average molecular weight is 437 g/mol. The van der Waals surface area contributed by atoms with E-state index in [2.05, 4.69) is 10.1 Å². The number of rotatable bonds is 3. The number of ether oxygens (including phenoxy) is 1. The first-order chi connectivity index (χ1) is 14.9. The van der Waals surface area contributed by atoms with Gasteiger partial charge in [-0.1, -0.05) is 23.7 Å². The van der Waals surface area contributed by atoms with Gasteiger partial charge in [0.2, 0.25) is 0 Å². The van der Waals surface area contributed by atoms with Crippen LogP contribution in [-0.4, -0.2) is 33.7 Å². The number of anilines is 1. The molecule has 31 heavy (non-hydrogen) atoms. The Hall–Kier alpha value is -3.78. The Kier molecular flexibility index (Phi) is 4.26. The summed E-state index contributed by atoms with van der Waals surface area (Å²) in [4.78, 5) is 31.7. The summed E-state index contributed by atoms with van der Waals surface area (Å²) in [6, 6.07) is 11.0. The summed E-state index contributed by atoms with van der Waals surface area (Å²) in [5, 5.41) is 4.84. The van der Waals surface area contributed by atoms with Crippen molar-refractivity contribution in [3.05, 3.63) is 76.3 Å². The van der Waals surface area contributed by atoms with E-state index >= 15 is 0 Å². The molecule has 4 aromatic rings. The van der Waals surface area contributed by atoms with Gasteiger partial charge in [-0.15, -0.1) is 0 Å². The highest BCUT2D eigenvalue weighted by Crippen LogP contribution is 2.36. The van der Waals surface area contributed by atoms with Gasteiger partial charge >= 0.3 is 0 Å². The van der Waals surface area contributed by atoms with Crippen LogP contribution in [0.1, 0.15) is 26.4 Å². The van der Waals surface area contributed by atoms with Crippen LogP contribution in [0.2, 0.25) is 5.02 Å². The van der Waals surface area contributed by atoms with Gasteiger partial charge in [-0.3, -0.25) is 9.59 Å². The number of hydrogen-bond donors (Lipinski definition) is 0. The van der Waals surface area contributed by atoms with Crippen LogP contribution in [-0.2, 0) is 0 Å². The number of aromatic nitrogens is 3. The van der Waals surface area contributed by atoms with Gasteiger partial charge in [0.05, 0.1) is 40.0 Å². The third-order valence-corrected chi connectivity index (χ3v) is 5.49. The number of pyridine rings is 1. The van der Waals surface area contributed by atoms with Crippen molar-refractivity contribution in [2.45, 2.75) is 6.92 Å². The highest BCUT2D eigenvalue weighted by Gasteiger charge is 2.40. The molecule has 0 radical (unpaired) electrons. The van der Waals surface area contributed by atoms with Gasteiger partial charge in [0.25, 0.3) is 11.8 Å². The second-order valence-corrected chi connectivity index (χ2v) is 7.37. The second-order valence-electron chi connectivity index (χ2n) is 6.96. The van der Waals surface area contributed by atoms with E-state index in [1.807, 2.05) is 18.2 Å². The number of nitrogens with zero attached hydrogens (tertiary/aromatic N) is 4. The lowest BCUT2D eigenvalue weighted by atomic mass is 10.1. The number of hydrogen-bond acceptors (Lipinski definition) is 5. The molecule has 0 aliphatic carbocycles. The molecular formula is C22H14ClFN4O3. The normalized spacial score (nSPS) is 13.2. The largest absolute Gasteiger partial charge is 0.494 e. The fourth-order valence-corrected chi connectivity index (χ4v) is 3.97. The number of para-hydroxylation sites is 2. The molecule has 0 atom stereocenters. The quantitative estimate of drug-likeness (QED) is 0.447. The topological polar surface area (TPSA) is 77.3 Å². The van der Waals surface area contributed by atoms with Gasteiger partial charge in [0.15, 0.2) is 5.65 Å². The first-order valence-electron chi connectivity index (χ1n) is 9.28. The molecule has 2 amide bonds. The molecule has 154 valence electrons. The van der Waals surface area contributed by atoms with E-state index in [1.165, 1.54) is 18.3 Å². The van der Waals surface area contributed by atoms with Crippen LogP contribution >= 0.6 is 11.6 Å². The molecule has 1 aliphatic heterocycles. The number of amides is 2. The SMILES string of the molecule is COc1ccccc1-n1nc(C)c2c3c(cnc21)C(=O)N(c1ccc(F)c(Cl)c1)C3=O. The zero-order valence-electron chi connectivity index (χ0n) is 16.4. The average Bonchev–Trinajstić information content (AvgIpc) is 3.24.